The number of hydrogen-bond donors (Lipinski definition) is 3. The van der Waals surface area contributed by atoms with Crippen LogP contribution in [0.5, 0.6) is 0 Å². The molecule has 4 fully saturated rings. The molecule has 8 nitrogen and oxygen atoms in total. The van der Waals surface area contributed by atoms with E-state index < -0.39 is 11.1 Å². The summed E-state index contributed by atoms with van der Waals surface area (Å²) in [7, 11) is 1.59. The number of methoxy groups -OCH3 is 1. The Morgan fingerprint density at radius 1 is 1.32 bits per heavy atom. The molecule has 5 rings (SSSR count). The number of aliphatic hydroxyl groups is 1. The predicted molar refractivity (Wildman–Crippen MR) is 116 cm³/mol. The van der Waals surface area contributed by atoms with Gasteiger partial charge in [-0.25, -0.2) is 4.68 Å². The molecule has 1 aromatic heterocycles. The van der Waals surface area contributed by atoms with E-state index in [0.717, 1.165) is 32.1 Å². The zero-order chi connectivity index (χ0) is 22.4. The van der Waals surface area contributed by atoms with Crippen molar-refractivity contribution in [2.75, 3.05) is 7.11 Å². The Labute approximate surface area is 183 Å². The van der Waals surface area contributed by atoms with Gasteiger partial charge in [0.1, 0.15) is 0 Å². The molecule has 1 heterocycles. The molecule has 2 amide bonds. The molecular formula is C23H34N4O4. The Balaban J connectivity index is 1.50. The van der Waals surface area contributed by atoms with Gasteiger partial charge in [-0.1, -0.05) is 0 Å². The van der Waals surface area contributed by atoms with Crippen LogP contribution in [0.15, 0.2) is 12.3 Å². The van der Waals surface area contributed by atoms with Crippen molar-refractivity contribution in [3.8, 4) is 0 Å². The van der Waals surface area contributed by atoms with Gasteiger partial charge in [-0.3, -0.25) is 9.59 Å². The SMILES string of the molecule is COCc1c(C(=O)N[C@H]2C3CC4CC2C[C@](O)(C4)C3)cnn1/C=C/C(C)(C)NC(C)=O. The maximum Gasteiger partial charge on any atom is 0.255 e. The lowest BCUT2D eigenvalue weighted by molar-refractivity contribution is -0.137. The van der Waals surface area contributed by atoms with Gasteiger partial charge in [0, 0.05) is 26.3 Å². The van der Waals surface area contributed by atoms with Crippen molar-refractivity contribution < 1.29 is 19.4 Å². The van der Waals surface area contributed by atoms with E-state index in [2.05, 4.69) is 15.7 Å². The molecule has 0 aromatic carbocycles. The molecule has 0 aliphatic heterocycles. The summed E-state index contributed by atoms with van der Waals surface area (Å²) in [5, 5.41) is 21.3. The fourth-order valence-corrected chi connectivity index (χ4v) is 6.18. The Hall–Kier alpha value is -2.19. The molecular weight excluding hydrogens is 396 g/mol. The number of rotatable bonds is 7. The topological polar surface area (TPSA) is 105 Å². The standard InChI is InChI=1S/C23H34N4O4/c1-14(28)26-22(2,3)5-6-27-19(13-31-4)18(12-24-27)21(29)25-20-16-7-15-8-17(20)11-23(30,9-15)10-16/h5-6,12,15-17,20,30H,7-11,13H2,1-4H3,(H,25,29)(H,26,28)/b6-5+/t15?,16?,17?,20-,23-. The maximum atomic E-state index is 13.2. The van der Waals surface area contributed by atoms with Crippen LogP contribution in [0.4, 0.5) is 0 Å². The van der Waals surface area contributed by atoms with Crippen molar-refractivity contribution in [2.24, 2.45) is 17.8 Å². The highest BCUT2D eigenvalue weighted by atomic mass is 16.5. The van der Waals surface area contributed by atoms with Gasteiger partial charge in [0.15, 0.2) is 0 Å². The molecule has 31 heavy (non-hydrogen) atoms. The normalized spacial score (nSPS) is 31.9. The third kappa shape index (κ3) is 4.55. The largest absolute Gasteiger partial charge is 0.390 e. The third-order valence-corrected chi connectivity index (χ3v) is 7.09. The lowest BCUT2D eigenvalue weighted by atomic mass is 9.52. The predicted octanol–water partition coefficient (Wildman–Crippen LogP) is 2.08. The molecule has 0 spiro atoms. The monoisotopic (exact) mass is 430 g/mol. The summed E-state index contributed by atoms with van der Waals surface area (Å²) in [4.78, 5) is 24.6. The summed E-state index contributed by atoms with van der Waals surface area (Å²) in [6, 6.07) is 0.109. The van der Waals surface area contributed by atoms with Gasteiger partial charge in [-0.15, -0.1) is 0 Å². The van der Waals surface area contributed by atoms with Crippen molar-refractivity contribution in [1.29, 1.82) is 0 Å². The number of hydrogen-bond acceptors (Lipinski definition) is 5. The summed E-state index contributed by atoms with van der Waals surface area (Å²) < 4.78 is 6.96. The van der Waals surface area contributed by atoms with Crippen LogP contribution in [0.2, 0.25) is 0 Å². The lowest BCUT2D eigenvalue weighted by Crippen LogP contribution is -2.61. The second-order valence-corrected chi connectivity index (χ2v) is 10.3. The van der Waals surface area contributed by atoms with Crippen molar-refractivity contribution in [1.82, 2.24) is 20.4 Å². The molecule has 1 aromatic rings. The molecule has 4 aliphatic carbocycles. The van der Waals surface area contributed by atoms with Crippen LogP contribution in [0.3, 0.4) is 0 Å². The first-order valence-corrected chi connectivity index (χ1v) is 11.2. The van der Waals surface area contributed by atoms with E-state index in [0.29, 0.717) is 29.0 Å². The first kappa shape index (κ1) is 22.0. The Bertz CT molecular complexity index is 874. The van der Waals surface area contributed by atoms with Crippen LogP contribution < -0.4 is 10.6 Å². The second kappa shape index (κ2) is 8.06. The minimum absolute atomic E-state index is 0.109. The summed E-state index contributed by atoms with van der Waals surface area (Å²) in [6.45, 7) is 5.49. The quantitative estimate of drug-likeness (QED) is 0.614. The van der Waals surface area contributed by atoms with E-state index >= 15 is 0 Å². The minimum Gasteiger partial charge on any atom is -0.390 e. The average molecular weight is 431 g/mol. The summed E-state index contributed by atoms with van der Waals surface area (Å²) in [6.07, 6.45) is 9.84. The van der Waals surface area contributed by atoms with Crippen molar-refractivity contribution >= 4 is 18.0 Å². The second-order valence-electron chi connectivity index (χ2n) is 10.3. The third-order valence-electron chi connectivity index (χ3n) is 7.09. The molecule has 4 aliphatic rings. The van der Waals surface area contributed by atoms with Gasteiger partial charge in [-0.05, 0) is 69.8 Å². The van der Waals surface area contributed by atoms with Gasteiger partial charge >= 0.3 is 0 Å². The maximum absolute atomic E-state index is 13.2. The highest BCUT2D eigenvalue weighted by molar-refractivity contribution is 5.95. The first-order chi connectivity index (χ1) is 14.6. The zero-order valence-corrected chi connectivity index (χ0v) is 18.9. The van der Waals surface area contributed by atoms with Crippen molar-refractivity contribution in [2.45, 2.75) is 76.7 Å². The molecule has 0 radical (unpaired) electrons. The van der Waals surface area contributed by atoms with E-state index in [1.165, 1.54) is 6.92 Å². The van der Waals surface area contributed by atoms with E-state index in [1.54, 1.807) is 24.2 Å². The van der Waals surface area contributed by atoms with E-state index in [1.807, 2.05) is 19.9 Å². The van der Waals surface area contributed by atoms with Gasteiger partial charge in [-0.2, -0.15) is 5.10 Å². The summed E-state index contributed by atoms with van der Waals surface area (Å²) >= 11 is 0. The van der Waals surface area contributed by atoms with Crippen LogP contribution >= 0.6 is 0 Å². The summed E-state index contributed by atoms with van der Waals surface area (Å²) in [5.74, 6) is 1.03. The van der Waals surface area contributed by atoms with Crippen molar-refractivity contribution in [3.05, 3.63) is 23.5 Å². The molecule has 3 N–H and O–H groups in total. The lowest BCUT2D eigenvalue weighted by Gasteiger charge is -2.58. The molecule has 2 unspecified atom stereocenters. The van der Waals surface area contributed by atoms with Gasteiger partial charge in [0.05, 0.1) is 35.2 Å². The molecule has 0 saturated heterocycles. The minimum atomic E-state index is -0.550. The molecule has 170 valence electrons. The van der Waals surface area contributed by atoms with Crippen molar-refractivity contribution in [3.63, 3.8) is 0 Å². The number of nitrogens with zero attached hydrogens (tertiary/aromatic N) is 2. The Kier molecular flexibility index (Phi) is 5.72. The summed E-state index contributed by atoms with van der Waals surface area (Å²) in [5.41, 5.74) is 0.0919. The average Bonchev–Trinajstić information content (AvgIpc) is 3.04. The number of amides is 2. The van der Waals surface area contributed by atoms with E-state index in [4.69, 9.17) is 4.74 Å². The molecule has 4 bridgehead atoms. The first-order valence-electron chi connectivity index (χ1n) is 11.2. The van der Waals surface area contributed by atoms with Crippen LogP contribution in [-0.2, 0) is 16.1 Å². The van der Waals surface area contributed by atoms with Gasteiger partial charge in [0.25, 0.3) is 5.91 Å². The number of aromatic nitrogens is 2. The van der Waals surface area contributed by atoms with Crippen LogP contribution in [0.1, 0.15) is 68.9 Å². The van der Waals surface area contributed by atoms with Crippen LogP contribution in [0, 0.1) is 17.8 Å². The molecule has 4 saturated carbocycles. The highest BCUT2D eigenvalue weighted by Gasteiger charge is 2.55. The molecule has 2 atom stereocenters. The molecule has 8 heteroatoms. The van der Waals surface area contributed by atoms with Gasteiger partial charge < -0.3 is 20.5 Å². The smallest absolute Gasteiger partial charge is 0.255 e. The fourth-order valence-electron chi connectivity index (χ4n) is 6.18. The fraction of sp³-hybridized carbons (Fsp3) is 0.696. The van der Waals surface area contributed by atoms with Crippen LogP contribution in [0.25, 0.3) is 6.20 Å². The number of carbonyl (C=O) groups excluding carboxylic acids is 2. The number of ether oxygens (including phenoxy) is 1. The van der Waals surface area contributed by atoms with Gasteiger partial charge in [0.2, 0.25) is 5.91 Å². The number of nitrogens with one attached hydrogen (secondary N) is 2. The zero-order valence-electron chi connectivity index (χ0n) is 18.9. The Morgan fingerprint density at radius 2 is 2.00 bits per heavy atom. The van der Waals surface area contributed by atoms with Crippen LogP contribution in [-0.4, -0.2) is 51.0 Å². The van der Waals surface area contributed by atoms with E-state index in [9.17, 15) is 14.7 Å². The Morgan fingerprint density at radius 3 is 2.58 bits per heavy atom. The number of carbonyl (C=O) groups is 2. The highest BCUT2D eigenvalue weighted by Crippen LogP contribution is 2.55. The van der Waals surface area contributed by atoms with E-state index in [-0.39, 0.29) is 24.5 Å².